The Kier molecular flexibility index (Phi) is 6.11. The number of primary amides is 1. The summed E-state index contributed by atoms with van der Waals surface area (Å²) in [5.41, 5.74) is 9.12. The van der Waals surface area contributed by atoms with Crippen LogP contribution >= 0.6 is 0 Å². The number of benzene rings is 2. The molecule has 2 aromatic carbocycles. The van der Waals surface area contributed by atoms with Gasteiger partial charge < -0.3 is 20.5 Å². The molecule has 3 aromatic rings. The summed E-state index contributed by atoms with van der Waals surface area (Å²) in [5.74, 6) is 0.782. The predicted octanol–water partition coefficient (Wildman–Crippen LogP) is 3.17. The van der Waals surface area contributed by atoms with Crippen LogP contribution in [0.25, 0.3) is 5.69 Å². The van der Waals surface area contributed by atoms with Gasteiger partial charge in [0.05, 0.1) is 18.5 Å². The first-order valence-electron chi connectivity index (χ1n) is 10.7. The highest BCUT2D eigenvalue weighted by molar-refractivity contribution is 5.94. The number of fused-ring (bicyclic) bond motifs is 1. The van der Waals surface area contributed by atoms with Crippen molar-refractivity contribution in [3.63, 3.8) is 0 Å². The SMILES string of the molecule is CCOc1cc([C@@H]2CC(=O)Nc3c2cnn3-c2ccccc2CC)ccc1OCC(N)=O. The molecule has 0 unspecified atom stereocenters. The number of carbonyl (C=O) groups excluding carboxylic acids is 2. The zero-order chi connectivity index (χ0) is 22.7. The minimum absolute atomic E-state index is 0.0785. The fourth-order valence-corrected chi connectivity index (χ4v) is 3.99. The molecule has 3 N–H and O–H groups in total. The van der Waals surface area contributed by atoms with E-state index in [4.69, 9.17) is 15.2 Å². The van der Waals surface area contributed by atoms with Gasteiger partial charge in [-0.05, 0) is 42.7 Å². The molecule has 2 heterocycles. The molecule has 8 heteroatoms. The first-order valence-corrected chi connectivity index (χ1v) is 10.7. The standard InChI is InChI=1S/C24H26N4O4/c1-3-15-7-5-6-8-19(15)28-24-18(13-26-28)17(12-23(30)27-24)16-9-10-20(32-14-22(25)29)21(11-16)31-4-2/h5-11,13,17H,3-4,12,14H2,1-2H3,(H2,25,29)(H,27,30)/t17-/m0/s1. The third kappa shape index (κ3) is 4.16. The van der Waals surface area contributed by atoms with E-state index in [0.717, 1.165) is 28.8 Å². The van der Waals surface area contributed by atoms with Crippen molar-refractivity contribution in [2.24, 2.45) is 5.73 Å². The Morgan fingerprint density at radius 3 is 2.75 bits per heavy atom. The van der Waals surface area contributed by atoms with E-state index in [-0.39, 0.29) is 18.4 Å². The second-order valence-corrected chi connectivity index (χ2v) is 7.54. The molecule has 1 atom stereocenters. The number of hydrogen-bond acceptors (Lipinski definition) is 5. The van der Waals surface area contributed by atoms with Crippen LogP contribution in [-0.2, 0) is 16.0 Å². The van der Waals surface area contributed by atoms with Gasteiger partial charge in [-0.25, -0.2) is 4.68 Å². The van der Waals surface area contributed by atoms with Crippen LogP contribution in [0.2, 0.25) is 0 Å². The summed E-state index contributed by atoms with van der Waals surface area (Å²) in [5, 5.41) is 7.60. The maximum atomic E-state index is 12.6. The second kappa shape index (κ2) is 9.13. The van der Waals surface area contributed by atoms with Crippen LogP contribution in [-0.4, -0.2) is 34.8 Å². The quantitative estimate of drug-likeness (QED) is 0.566. The smallest absolute Gasteiger partial charge is 0.255 e. The van der Waals surface area contributed by atoms with Crippen LogP contribution < -0.4 is 20.5 Å². The molecule has 0 saturated heterocycles. The lowest BCUT2D eigenvalue weighted by Crippen LogP contribution is -2.25. The molecule has 166 valence electrons. The van der Waals surface area contributed by atoms with Gasteiger partial charge >= 0.3 is 0 Å². The molecule has 2 amide bonds. The minimum Gasteiger partial charge on any atom is -0.490 e. The van der Waals surface area contributed by atoms with Crippen molar-refractivity contribution >= 4 is 17.6 Å². The van der Waals surface area contributed by atoms with Gasteiger partial charge in [0.15, 0.2) is 18.1 Å². The Bertz CT molecular complexity index is 1150. The van der Waals surface area contributed by atoms with Gasteiger partial charge in [-0.3, -0.25) is 9.59 Å². The average Bonchev–Trinajstić information content (AvgIpc) is 3.21. The lowest BCUT2D eigenvalue weighted by molar-refractivity contribution is -0.120. The third-order valence-electron chi connectivity index (χ3n) is 5.46. The van der Waals surface area contributed by atoms with E-state index in [1.54, 1.807) is 10.7 Å². The highest BCUT2D eigenvalue weighted by Gasteiger charge is 2.31. The lowest BCUT2D eigenvalue weighted by atomic mass is 9.87. The molecule has 4 rings (SSSR count). The topological polar surface area (TPSA) is 108 Å². The maximum Gasteiger partial charge on any atom is 0.255 e. The maximum absolute atomic E-state index is 12.6. The predicted molar refractivity (Wildman–Crippen MR) is 120 cm³/mol. The number of hydrogen-bond donors (Lipinski definition) is 2. The summed E-state index contributed by atoms with van der Waals surface area (Å²) in [6, 6.07) is 13.5. The van der Waals surface area contributed by atoms with E-state index in [2.05, 4.69) is 23.4 Å². The van der Waals surface area contributed by atoms with Gasteiger partial charge in [-0.1, -0.05) is 31.2 Å². The zero-order valence-electron chi connectivity index (χ0n) is 18.1. The van der Waals surface area contributed by atoms with Crippen molar-refractivity contribution in [3.05, 3.63) is 65.4 Å². The van der Waals surface area contributed by atoms with Crippen molar-refractivity contribution in [1.29, 1.82) is 0 Å². The summed E-state index contributed by atoms with van der Waals surface area (Å²) in [4.78, 5) is 23.7. The van der Waals surface area contributed by atoms with E-state index in [1.807, 2.05) is 43.5 Å². The molecule has 8 nitrogen and oxygen atoms in total. The van der Waals surface area contributed by atoms with Crippen LogP contribution in [0.15, 0.2) is 48.7 Å². The third-order valence-corrected chi connectivity index (χ3v) is 5.46. The molecule has 0 bridgehead atoms. The summed E-state index contributed by atoms with van der Waals surface area (Å²) < 4.78 is 13.0. The largest absolute Gasteiger partial charge is 0.490 e. The Hall–Kier alpha value is -3.81. The number of carbonyl (C=O) groups is 2. The fraction of sp³-hybridized carbons (Fsp3) is 0.292. The number of aromatic nitrogens is 2. The van der Waals surface area contributed by atoms with Gasteiger partial charge in [0.25, 0.3) is 5.91 Å². The van der Waals surface area contributed by atoms with Gasteiger partial charge in [-0.2, -0.15) is 5.10 Å². The van der Waals surface area contributed by atoms with Gasteiger partial charge in [-0.15, -0.1) is 0 Å². The molecular formula is C24H26N4O4. The number of para-hydroxylation sites is 1. The van der Waals surface area contributed by atoms with Crippen LogP contribution in [0.3, 0.4) is 0 Å². The summed E-state index contributed by atoms with van der Waals surface area (Å²) in [7, 11) is 0. The molecule has 1 aliphatic heterocycles. The zero-order valence-corrected chi connectivity index (χ0v) is 18.1. The summed E-state index contributed by atoms with van der Waals surface area (Å²) in [6.45, 7) is 4.15. The van der Waals surface area contributed by atoms with E-state index in [9.17, 15) is 9.59 Å². The number of aryl methyl sites for hydroxylation is 1. The number of anilines is 1. The highest BCUT2D eigenvalue weighted by Crippen LogP contribution is 2.41. The van der Waals surface area contributed by atoms with E-state index >= 15 is 0 Å². The Balaban J connectivity index is 1.74. The minimum atomic E-state index is -0.565. The normalized spacial score (nSPS) is 15.1. The van der Waals surface area contributed by atoms with Gasteiger partial charge in [0.2, 0.25) is 5.91 Å². The van der Waals surface area contributed by atoms with Crippen molar-refractivity contribution in [3.8, 4) is 17.2 Å². The molecule has 0 aliphatic carbocycles. The first-order chi connectivity index (χ1) is 15.5. The van der Waals surface area contributed by atoms with E-state index in [0.29, 0.717) is 30.3 Å². The second-order valence-electron chi connectivity index (χ2n) is 7.54. The van der Waals surface area contributed by atoms with Crippen LogP contribution in [0.5, 0.6) is 11.5 Å². The number of ether oxygens (including phenoxy) is 2. The van der Waals surface area contributed by atoms with Gasteiger partial charge in [0, 0.05) is 17.9 Å². The Labute approximate surface area is 186 Å². The Morgan fingerprint density at radius 2 is 2.00 bits per heavy atom. The highest BCUT2D eigenvalue weighted by atomic mass is 16.5. The first kappa shape index (κ1) is 21.4. The molecule has 1 aliphatic rings. The van der Waals surface area contributed by atoms with Crippen molar-refractivity contribution in [1.82, 2.24) is 9.78 Å². The molecule has 1 aromatic heterocycles. The van der Waals surface area contributed by atoms with E-state index in [1.165, 1.54) is 0 Å². The lowest BCUT2D eigenvalue weighted by Gasteiger charge is -2.25. The molecule has 32 heavy (non-hydrogen) atoms. The Morgan fingerprint density at radius 1 is 1.19 bits per heavy atom. The molecule has 0 saturated carbocycles. The summed E-state index contributed by atoms with van der Waals surface area (Å²) >= 11 is 0. The molecule has 0 radical (unpaired) electrons. The van der Waals surface area contributed by atoms with Crippen LogP contribution in [0.1, 0.15) is 42.9 Å². The molecule has 0 fully saturated rings. The monoisotopic (exact) mass is 434 g/mol. The molecular weight excluding hydrogens is 408 g/mol. The van der Waals surface area contributed by atoms with Crippen LogP contribution in [0.4, 0.5) is 5.82 Å². The average molecular weight is 434 g/mol. The van der Waals surface area contributed by atoms with Gasteiger partial charge in [0.1, 0.15) is 5.82 Å². The summed E-state index contributed by atoms with van der Waals surface area (Å²) in [6.07, 6.45) is 2.96. The molecule has 0 spiro atoms. The van der Waals surface area contributed by atoms with Crippen molar-refractivity contribution in [2.75, 3.05) is 18.5 Å². The number of rotatable bonds is 8. The number of nitrogens with one attached hydrogen (secondary N) is 1. The fourth-order valence-electron chi connectivity index (χ4n) is 3.99. The number of nitrogens with two attached hydrogens (primary N) is 1. The number of nitrogens with zero attached hydrogens (tertiary/aromatic N) is 2. The van der Waals surface area contributed by atoms with Crippen molar-refractivity contribution < 1.29 is 19.1 Å². The van der Waals surface area contributed by atoms with E-state index < -0.39 is 5.91 Å². The van der Waals surface area contributed by atoms with Crippen molar-refractivity contribution in [2.45, 2.75) is 32.6 Å². The van der Waals surface area contributed by atoms with Crippen LogP contribution in [0, 0.1) is 0 Å². The number of amides is 2.